The number of amides is 1. The Bertz CT molecular complexity index is 461. The number of hydrogen-bond acceptors (Lipinski definition) is 3. The SMILES string of the molecule is CC(C)CN(C(=O)CN1C(C(=O)O)CC2CCCCC21)C1CC1. The fourth-order valence-electron chi connectivity index (χ4n) is 4.50. The number of carbonyl (C=O) groups is 2. The molecule has 1 heterocycles. The Morgan fingerprint density at radius 3 is 2.48 bits per heavy atom. The zero-order valence-corrected chi connectivity index (χ0v) is 14.4. The van der Waals surface area contributed by atoms with Crippen LogP contribution >= 0.6 is 0 Å². The highest BCUT2D eigenvalue weighted by molar-refractivity contribution is 5.81. The summed E-state index contributed by atoms with van der Waals surface area (Å²) < 4.78 is 0. The molecule has 1 amide bonds. The van der Waals surface area contributed by atoms with Crippen LogP contribution in [0, 0.1) is 11.8 Å². The van der Waals surface area contributed by atoms with Crippen LogP contribution in [0.25, 0.3) is 0 Å². The lowest BCUT2D eigenvalue weighted by Gasteiger charge is -2.34. The lowest BCUT2D eigenvalue weighted by atomic mass is 9.85. The number of nitrogens with zero attached hydrogens (tertiary/aromatic N) is 2. The zero-order valence-electron chi connectivity index (χ0n) is 14.4. The highest BCUT2D eigenvalue weighted by Gasteiger charge is 2.46. The van der Waals surface area contributed by atoms with E-state index in [0.29, 0.717) is 30.5 Å². The summed E-state index contributed by atoms with van der Waals surface area (Å²) in [6.45, 7) is 5.36. The Morgan fingerprint density at radius 1 is 1.17 bits per heavy atom. The van der Waals surface area contributed by atoms with Gasteiger partial charge in [0.15, 0.2) is 0 Å². The standard InChI is InChI=1S/C18H30N2O3/c1-12(2)10-19(14-7-8-14)17(21)11-20-15-6-4-3-5-13(15)9-16(20)18(22)23/h12-16H,3-11H2,1-2H3,(H,22,23). The predicted molar refractivity (Wildman–Crippen MR) is 88.1 cm³/mol. The van der Waals surface area contributed by atoms with Crippen molar-refractivity contribution in [2.45, 2.75) is 76.9 Å². The van der Waals surface area contributed by atoms with Gasteiger partial charge in [-0.1, -0.05) is 26.7 Å². The topological polar surface area (TPSA) is 60.9 Å². The Balaban J connectivity index is 1.70. The maximum atomic E-state index is 12.9. The van der Waals surface area contributed by atoms with Gasteiger partial charge in [0.25, 0.3) is 0 Å². The first-order valence-electron chi connectivity index (χ1n) is 9.25. The van der Waals surface area contributed by atoms with Crippen LogP contribution in [0.15, 0.2) is 0 Å². The Morgan fingerprint density at radius 2 is 1.87 bits per heavy atom. The Kier molecular flexibility index (Phi) is 4.95. The molecule has 3 unspecified atom stereocenters. The number of carbonyl (C=O) groups excluding carboxylic acids is 1. The zero-order chi connectivity index (χ0) is 16.6. The minimum atomic E-state index is -0.756. The van der Waals surface area contributed by atoms with Crippen molar-refractivity contribution in [1.29, 1.82) is 0 Å². The third-order valence-electron chi connectivity index (χ3n) is 5.69. The van der Waals surface area contributed by atoms with E-state index in [1.807, 2.05) is 9.80 Å². The molecule has 3 rings (SSSR count). The summed E-state index contributed by atoms with van der Waals surface area (Å²) in [5.74, 6) is 0.306. The fraction of sp³-hybridized carbons (Fsp3) is 0.889. The summed E-state index contributed by atoms with van der Waals surface area (Å²) in [6.07, 6.45) is 7.47. The molecule has 3 aliphatic rings. The molecule has 1 aliphatic heterocycles. The lowest BCUT2D eigenvalue weighted by molar-refractivity contribution is -0.144. The van der Waals surface area contributed by atoms with Gasteiger partial charge in [-0.2, -0.15) is 0 Å². The molecule has 0 spiro atoms. The number of likely N-dealkylation sites (tertiary alicyclic amines) is 1. The van der Waals surface area contributed by atoms with Crippen LogP contribution < -0.4 is 0 Å². The highest BCUT2D eigenvalue weighted by atomic mass is 16.4. The van der Waals surface area contributed by atoms with Gasteiger partial charge in [0, 0.05) is 18.6 Å². The first kappa shape index (κ1) is 16.7. The van der Waals surface area contributed by atoms with Crippen molar-refractivity contribution >= 4 is 11.9 Å². The molecule has 2 aliphatic carbocycles. The van der Waals surface area contributed by atoms with E-state index in [2.05, 4.69) is 13.8 Å². The first-order chi connectivity index (χ1) is 11.0. The Hall–Kier alpha value is -1.10. The fourth-order valence-corrected chi connectivity index (χ4v) is 4.50. The van der Waals surface area contributed by atoms with E-state index in [-0.39, 0.29) is 5.91 Å². The van der Waals surface area contributed by atoms with Gasteiger partial charge in [0.1, 0.15) is 6.04 Å². The van der Waals surface area contributed by atoms with Gasteiger partial charge in [-0.15, -0.1) is 0 Å². The van der Waals surface area contributed by atoms with Gasteiger partial charge in [0.2, 0.25) is 5.91 Å². The second kappa shape index (κ2) is 6.80. The maximum Gasteiger partial charge on any atom is 0.320 e. The molecule has 1 saturated heterocycles. The summed E-state index contributed by atoms with van der Waals surface area (Å²) in [4.78, 5) is 28.5. The van der Waals surface area contributed by atoms with Crippen LogP contribution in [0.1, 0.15) is 58.8 Å². The van der Waals surface area contributed by atoms with E-state index in [4.69, 9.17) is 0 Å². The lowest BCUT2D eigenvalue weighted by Crippen LogP contribution is -2.49. The molecule has 0 radical (unpaired) electrons. The third-order valence-corrected chi connectivity index (χ3v) is 5.69. The molecular weight excluding hydrogens is 292 g/mol. The van der Waals surface area contributed by atoms with Gasteiger partial charge < -0.3 is 10.0 Å². The van der Waals surface area contributed by atoms with Crippen LogP contribution in [0.2, 0.25) is 0 Å². The Labute approximate surface area is 139 Å². The van der Waals surface area contributed by atoms with E-state index >= 15 is 0 Å². The molecule has 0 aromatic rings. The molecule has 3 atom stereocenters. The molecule has 1 N–H and O–H groups in total. The molecular formula is C18H30N2O3. The van der Waals surface area contributed by atoms with Crippen molar-refractivity contribution in [1.82, 2.24) is 9.80 Å². The van der Waals surface area contributed by atoms with Crippen molar-refractivity contribution in [3.05, 3.63) is 0 Å². The highest BCUT2D eigenvalue weighted by Crippen LogP contribution is 2.40. The summed E-state index contributed by atoms with van der Waals surface area (Å²) in [7, 11) is 0. The van der Waals surface area contributed by atoms with E-state index in [0.717, 1.165) is 45.1 Å². The van der Waals surface area contributed by atoms with Gasteiger partial charge >= 0.3 is 5.97 Å². The van der Waals surface area contributed by atoms with Crippen LogP contribution in [0.4, 0.5) is 0 Å². The van der Waals surface area contributed by atoms with Gasteiger partial charge in [-0.25, -0.2) is 0 Å². The van der Waals surface area contributed by atoms with E-state index < -0.39 is 12.0 Å². The minimum absolute atomic E-state index is 0.138. The predicted octanol–water partition coefficient (Wildman–Crippen LogP) is 2.35. The summed E-state index contributed by atoms with van der Waals surface area (Å²) in [6, 6.07) is 0.235. The maximum absolute atomic E-state index is 12.9. The van der Waals surface area contributed by atoms with E-state index in [1.54, 1.807) is 0 Å². The van der Waals surface area contributed by atoms with Gasteiger partial charge in [-0.3, -0.25) is 14.5 Å². The van der Waals surface area contributed by atoms with Crippen LogP contribution in [0.5, 0.6) is 0 Å². The van der Waals surface area contributed by atoms with E-state index in [9.17, 15) is 14.7 Å². The largest absolute Gasteiger partial charge is 0.480 e. The summed E-state index contributed by atoms with van der Waals surface area (Å²) >= 11 is 0. The van der Waals surface area contributed by atoms with Crippen molar-refractivity contribution in [3.63, 3.8) is 0 Å². The second-order valence-electron chi connectivity index (χ2n) is 8.05. The van der Waals surface area contributed by atoms with Crippen LogP contribution in [-0.4, -0.2) is 58.0 Å². The second-order valence-corrected chi connectivity index (χ2v) is 8.05. The van der Waals surface area contributed by atoms with Gasteiger partial charge in [-0.05, 0) is 43.9 Å². The van der Waals surface area contributed by atoms with Crippen molar-refractivity contribution < 1.29 is 14.7 Å². The molecule has 5 heteroatoms. The monoisotopic (exact) mass is 322 g/mol. The average Bonchev–Trinajstić information content (AvgIpc) is 3.27. The normalized spacial score (nSPS) is 31.2. The van der Waals surface area contributed by atoms with E-state index in [1.165, 1.54) is 6.42 Å². The number of fused-ring (bicyclic) bond motifs is 1. The number of rotatable bonds is 6. The molecule has 130 valence electrons. The van der Waals surface area contributed by atoms with Crippen LogP contribution in [-0.2, 0) is 9.59 Å². The molecule has 0 aromatic heterocycles. The molecule has 0 aromatic carbocycles. The number of carboxylic acids is 1. The summed E-state index contributed by atoms with van der Waals surface area (Å²) in [5, 5.41) is 9.58. The quantitative estimate of drug-likeness (QED) is 0.815. The molecule has 23 heavy (non-hydrogen) atoms. The molecule has 0 bridgehead atoms. The number of carboxylic acid groups (broad SMARTS) is 1. The minimum Gasteiger partial charge on any atom is -0.480 e. The molecule has 2 saturated carbocycles. The van der Waals surface area contributed by atoms with Gasteiger partial charge in [0.05, 0.1) is 6.54 Å². The average molecular weight is 322 g/mol. The molecule has 3 fully saturated rings. The van der Waals surface area contributed by atoms with Crippen molar-refractivity contribution in [3.8, 4) is 0 Å². The van der Waals surface area contributed by atoms with Crippen molar-refractivity contribution in [2.24, 2.45) is 11.8 Å². The third kappa shape index (κ3) is 3.70. The van der Waals surface area contributed by atoms with Crippen LogP contribution in [0.3, 0.4) is 0 Å². The number of hydrogen-bond donors (Lipinski definition) is 1. The summed E-state index contributed by atoms with van der Waals surface area (Å²) in [5.41, 5.74) is 0. The number of aliphatic carboxylic acids is 1. The van der Waals surface area contributed by atoms with Crippen molar-refractivity contribution in [2.75, 3.05) is 13.1 Å². The first-order valence-corrected chi connectivity index (χ1v) is 9.25. The smallest absolute Gasteiger partial charge is 0.320 e. The molecule has 5 nitrogen and oxygen atoms in total.